The normalized spacial score (nSPS) is 12.0. The number of methoxy groups -OCH3 is 1. The van der Waals surface area contributed by atoms with Gasteiger partial charge in [-0.25, -0.2) is 9.97 Å². The van der Waals surface area contributed by atoms with Crippen LogP contribution in [-0.4, -0.2) is 42.2 Å². The molecule has 0 saturated heterocycles. The number of anilines is 2. The fourth-order valence-electron chi connectivity index (χ4n) is 1.68. The highest BCUT2D eigenvalue weighted by Crippen LogP contribution is 2.28. The summed E-state index contributed by atoms with van der Waals surface area (Å²) in [5, 5.41) is 6.58. The molecule has 1 atom stereocenters. The van der Waals surface area contributed by atoms with Crippen LogP contribution in [0.4, 0.5) is 11.6 Å². The van der Waals surface area contributed by atoms with Crippen LogP contribution in [0.25, 0.3) is 0 Å². The van der Waals surface area contributed by atoms with Crippen LogP contribution < -0.4 is 15.4 Å². The lowest BCUT2D eigenvalue weighted by Gasteiger charge is -2.16. The lowest BCUT2D eigenvalue weighted by Crippen LogP contribution is -2.15. The van der Waals surface area contributed by atoms with Crippen molar-refractivity contribution < 1.29 is 4.74 Å². The molecule has 0 aliphatic carbocycles. The second-order valence-corrected chi connectivity index (χ2v) is 5.38. The Morgan fingerprint density at radius 1 is 1.32 bits per heavy atom. The molecule has 108 valence electrons. The predicted octanol–water partition coefficient (Wildman–Crippen LogP) is 2.72. The van der Waals surface area contributed by atoms with Gasteiger partial charge >= 0.3 is 0 Å². The van der Waals surface area contributed by atoms with Gasteiger partial charge in [-0.3, -0.25) is 0 Å². The van der Waals surface area contributed by atoms with Crippen LogP contribution in [0.2, 0.25) is 0 Å². The SMILES string of the molecule is CCCNc1ncnc(NCC(C)CSC)c1OC. The van der Waals surface area contributed by atoms with Crippen LogP contribution in [0, 0.1) is 5.92 Å². The van der Waals surface area contributed by atoms with Crippen molar-refractivity contribution in [3.8, 4) is 5.75 Å². The second kappa shape index (κ2) is 8.85. The summed E-state index contributed by atoms with van der Waals surface area (Å²) in [4.78, 5) is 8.48. The monoisotopic (exact) mass is 284 g/mol. The van der Waals surface area contributed by atoms with Crippen LogP contribution >= 0.6 is 11.8 Å². The Hall–Kier alpha value is -1.17. The zero-order valence-corrected chi connectivity index (χ0v) is 13.0. The van der Waals surface area contributed by atoms with Gasteiger partial charge < -0.3 is 15.4 Å². The van der Waals surface area contributed by atoms with E-state index in [9.17, 15) is 0 Å². The maximum atomic E-state index is 5.41. The zero-order chi connectivity index (χ0) is 14.1. The minimum Gasteiger partial charge on any atom is -0.490 e. The summed E-state index contributed by atoms with van der Waals surface area (Å²) in [5.74, 6) is 3.90. The Morgan fingerprint density at radius 2 is 2.00 bits per heavy atom. The molecule has 0 bridgehead atoms. The molecule has 0 fully saturated rings. The Labute approximate surface area is 119 Å². The van der Waals surface area contributed by atoms with E-state index in [0.29, 0.717) is 11.7 Å². The number of hydrogen-bond acceptors (Lipinski definition) is 6. The number of aromatic nitrogens is 2. The molecular formula is C13H24N4OS. The molecule has 0 radical (unpaired) electrons. The van der Waals surface area contributed by atoms with Gasteiger partial charge in [-0.2, -0.15) is 11.8 Å². The molecule has 1 heterocycles. The van der Waals surface area contributed by atoms with E-state index in [-0.39, 0.29) is 0 Å². The third kappa shape index (κ3) is 5.14. The maximum absolute atomic E-state index is 5.41. The van der Waals surface area contributed by atoms with E-state index in [1.165, 1.54) is 0 Å². The fourth-order valence-corrected chi connectivity index (χ4v) is 2.36. The summed E-state index contributed by atoms with van der Waals surface area (Å²) in [6.07, 6.45) is 4.72. The maximum Gasteiger partial charge on any atom is 0.204 e. The van der Waals surface area contributed by atoms with Crippen LogP contribution in [0.15, 0.2) is 6.33 Å². The Balaban J connectivity index is 2.71. The average Bonchev–Trinajstić information content (AvgIpc) is 2.43. The van der Waals surface area contributed by atoms with Crippen molar-refractivity contribution in [3.63, 3.8) is 0 Å². The molecule has 1 aromatic heterocycles. The first-order valence-corrected chi connectivity index (χ1v) is 7.97. The van der Waals surface area contributed by atoms with Gasteiger partial charge in [0.05, 0.1) is 7.11 Å². The lowest BCUT2D eigenvalue weighted by atomic mass is 10.2. The van der Waals surface area contributed by atoms with E-state index in [1.807, 2.05) is 11.8 Å². The van der Waals surface area contributed by atoms with Gasteiger partial charge in [0.2, 0.25) is 5.75 Å². The minimum atomic E-state index is 0.585. The van der Waals surface area contributed by atoms with Crippen LogP contribution in [0.1, 0.15) is 20.3 Å². The summed E-state index contributed by atoms with van der Waals surface area (Å²) in [7, 11) is 1.65. The van der Waals surface area contributed by atoms with Gasteiger partial charge in [0, 0.05) is 13.1 Å². The van der Waals surface area contributed by atoms with E-state index < -0.39 is 0 Å². The number of nitrogens with one attached hydrogen (secondary N) is 2. The summed E-state index contributed by atoms with van der Waals surface area (Å²) in [6.45, 7) is 6.08. The molecule has 6 heteroatoms. The van der Waals surface area contributed by atoms with E-state index in [1.54, 1.807) is 13.4 Å². The smallest absolute Gasteiger partial charge is 0.204 e. The largest absolute Gasteiger partial charge is 0.490 e. The highest BCUT2D eigenvalue weighted by molar-refractivity contribution is 7.98. The number of hydrogen-bond donors (Lipinski definition) is 2. The quantitative estimate of drug-likeness (QED) is 0.727. The van der Waals surface area contributed by atoms with Crippen molar-refractivity contribution in [2.24, 2.45) is 5.92 Å². The number of thioether (sulfide) groups is 1. The summed E-state index contributed by atoms with van der Waals surface area (Å²) >= 11 is 1.85. The molecule has 0 saturated carbocycles. The highest BCUT2D eigenvalue weighted by atomic mass is 32.2. The third-order valence-electron chi connectivity index (χ3n) is 2.62. The van der Waals surface area contributed by atoms with Gasteiger partial charge in [0.15, 0.2) is 11.6 Å². The van der Waals surface area contributed by atoms with Crippen LogP contribution in [0.3, 0.4) is 0 Å². The molecular weight excluding hydrogens is 260 g/mol. The van der Waals surface area contributed by atoms with Crippen molar-refractivity contribution in [1.82, 2.24) is 9.97 Å². The summed E-state index contributed by atoms with van der Waals surface area (Å²) in [5.41, 5.74) is 0. The lowest BCUT2D eigenvalue weighted by molar-refractivity contribution is 0.414. The molecule has 1 aromatic rings. The first-order chi connectivity index (χ1) is 9.22. The molecule has 1 unspecified atom stereocenters. The van der Waals surface area contributed by atoms with Crippen LogP contribution in [-0.2, 0) is 0 Å². The molecule has 5 nitrogen and oxygen atoms in total. The molecule has 0 aliphatic heterocycles. The first-order valence-electron chi connectivity index (χ1n) is 6.58. The predicted molar refractivity (Wildman–Crippen MR) is 83.4 cm³/mol. The molecule has 0 spiro atoms. The van der Waals surface area contributed by atoms with Gasteiger partial charge in [0.25, 0.3) is 0 Å². The number of ether oxygens (including phenoxy) is 1. The van der Waals surface area contributed by atoms with Crippen LogP contribution in [0.5, 0.6) is 5.75 Å². The third-order valence-corrected chi connectivity index (χ3v) is 3.52. The van der Waals surface area contributed by atoms with Gasteiger partial charge in [-0.15, -0.1) is 0 Å². The van der Waals surface area contributed by atoms with E-state index in [4.69, 9.17) is 4.74 Å². The van der Waals surface area contributed by atoms with Gasteiger partial charge in [-0.05, 0) is 24.3 Å². The van der Waals surface area contributed by atoms with Gasteiger partial charge in [0.1, 0.15) is 6.33 Å². The topological polar surface area (TPSA) is 59.1 Å². The van der Waals surface area contributed by atoms with E-state index in [0.717, 1.165) is 36.9 Å². The molecule has 19 heavy (non-hydrogen) atoms. The van der Waals surface area contributed by atoms with Crippen molar-refractivity contribution in [1.29, 1.82) is 0 Å². The standard InChI is InChI=1S/C13H24N4OS/c1-5-6-14-12-11(18-3)13(17-9-16-12)15-7-10(2)8-19-4/h9-10H,5-8H2,1-4H3,(H2,14,15,16,17). The molecule has 0 aromatic carbocycles. The Kier molecular flexibility index (Phi) is 7.40. The molecule has 0 amide bonds. The Morgan fingerprint density at radius 3 is 2.58 bits per heavy atom. The van der Waals surface area contributed by atoms with E-state index >= 15 is 0 Å². The second-order valence-electron chi connectivity index (χ2n) is 4.47. The van der Waals surface area contributed by atoms with Crippen molar-refractivity contribution in [3.05, 3.63) is 6.33 Å². The molecule has 1 rings (SSSR count). The first kappa shape index (κ1) is 15.9. The van der Waals surface area contributed by atoms with Crippen molar-refractivity contribution >= 4 is 23.4 Å². The van der Waals surface area contributed by atoms with Crippen molar-refractivity contribution in [2.45, 2.75) is 20.3 Å². The average molecular weight is 284 g/mol. The van der Waals surface area contributed by atoms with Gasteiger partial charge in [-0.1, -0.05) is 13.8 Å². The van der Waals surface area contributed by atoms with Crippen molar-refractivity contribution in [2.75, 3.05) is 42.8 Å². The molecule has 2 N–H and O–H groups in total. The number of rotatable bonds is 9. The molecule has 0 aliphatic rings. The zero-order valence-electron chi connectivity index (χ0n) is 12.2. The summed E-state index contributed by atoms with van der Waals surface area (Å²) in [6, 6.07) is 0. The number of nitrogens with zero attached hydrogens (tertiary/aromatic N) is 2. The van der Waals surface area contributed by atoms with E-state index in [2.05, 4.69) is 40.7 Å². The minimum absolute atomic E-state index is 0.585. The fraction of sp³-hybridized carbons (Fsp3) is 0.692. The Bertz CT molecular complexity index is 376. The summed E-state index contributed by atoms with van der Waals surface area (Å²) < 4.78 is 5.41. The highest BCUT2D eigenvalue weighted by Gasteiger charge is 2.12.